The summed E-state index contributed by atoms with van der Waals surface area (Å²) in [5.41, 5.74) is 1.45. The quantitative estimate of drug-likeness (QED) is 0.915. The number of aliphatic hydroxyl groups excluding tert-OH is 1. The molecule has 0 radical (unpaired) electrons. The molecule has 4 nitrogen and oxygen atoms in total. The molecule has 0 saturated heterocycles. The van der Waals surface area contributed by atoms with Crippen molar-refractivity contribution in [2.75, 3.05) is 6.26 Å². The number of aliphatic hydroxyl groups is 1. The van der Waals surface area contributed by atoms with Crippen molar-refractivity contribution in [3.8, 4) is 0 Å². The van der Waals surface area contributed by atoms with Crippen molar-refractivity contribution in [2.45, 2.75) is 33.6 Å². The summed E-state index contributed by atoms with van der Waals surface area (Å²) in [7, 11) is -3.36. The van der Waals surface area contributed by atoms with Crippen LogP contribution in [0.2, 0.25) is 5.02 Å². The summed E-state index contributed by atoms with van der Waals surface area (Å²) in [5.74, 6) is 0. The molecular formula is C15H14ClNO3S2. The number of fused-ring (bicyclic) bond motifs is 1. The van der Waals surface area contributed by atoms with Gasteiger partial charge in [0.15, 0.2) is 9.84 Å². The van der Waals surface area contributed by atoms with Crippen molar-refractivity contribution >= 4 is 33.2 Å². The van der Waals surface area contributed by atoms with Crippen LogP contribution in [0.5, 0.6) is 0 Å². The predicted octanol–water partition coefficient (Wildman–Crippen LogP) is 3.27. The van der Waals surface area contributed by atoms with E-state index in [1.54, 1.807) is 24.5 Å². The molecule has 0 aliphatic heterocycles. The van der Waals surface area contributed by atoms with Gasteiger partial charge >= 0.3 is 0 Å². The first-order chi connectivity index (χ1) is 10.4. The molecule has 116 valence electrons. The van der Waals surface area contributed by atoms with Crippen LogP contribution >= 0.6 is 23.4 Å². The van der Waals surface area contributed by atoms with Crippen molar-refractivity contribution < 1.29 is 13.5 Å². The zero-order chi connectivity index (χ0) is 15.9. The molecule has 0 saturated carbocycles. The number of nitrogens with zero attached hydrogens (tertiary/aromatic N) is 1. The molecule has 1 aliphatic rings. The van der Waals surface area contributed by atoms with Crippen molar-refractivity contribution in [3.05, 3.63) is 46.7 Å². The van der Waals surface area contributed by atoms with Crippen LogP contribution in [0.1, 0.15) is 23.7 Å². The van der Waals surface area contributed by atoms with Crippen LogP contribution in [0.3, 0.4) is 0 Å². The summed E-state index contributed by atoms with van der Waals surface area (Å²) < 4.78 is 23.8. The molecule has 1 aromatic carbocycles. The maximum absolute atomic E-state index is 11.9. The zero-order valence-electron chi connectivity index (χ0n) is 11.8. The van der Waals surface area contributed by atoms with Gasteiger partial charge in [-0.2, -0.15) is 0 Å². The van der Waals surface area contributed by atoms with E-state index in [1.165, 1.54) is 18.0 Å². The van der Waals surface area contributed by atoms with Crippen LogP contribution in [0.15, 0.2) is 45.3 Å². The van der Waals surface area contributed by atoms with E-state index in [1.807, 2.05) is 6.07 Å². The van der Waals surface area contributed by atoms with E-state index in [0.29, 0.717) is 23.4 Å². The van der Waals surface area contributed by atoms with E-state index in [9.17, 15) is 13.5 Å². The van der Waals surface area contributed by atoms with E-state index >= 15 is 0 Å². The first kappa shape index (κ1) is 15.8. The minimum atomic E-state index is -3.36. The van der Waals surface area contributed by atoms with Crippen LogP contribution in [0.25, 0.3) is 0 Å². The van der Waals surface area contributed by atoms with Gasteiger partial charge in [0.05, 0.1) is 16.0 Å². The molecule has 0 amide bonds. The monoisotopic (exact) mass is 355 g/mol. The molecule has 1 unspecified atom stereocenters. The lowest BCUT2D eigenvalue weighted by Gasteiger charge is -2.13. The minimum Gasteiger partial charge on any atom is -0.388 e. The van der Waals surface area contributed by atoms with E-state index in [0.717, 1.165) is 15.4 Å². The van der Waals surface area contributed by atoms with Crippen molar-refractivity contribution in [1.82, 2.24) is 4.98 Å². The summed E-state index contributed by atoms with van der Waals surface area (Å²) in [6.07, 6.45) is 4.92. The summed E-state index contributed by atoms with van der Waals surface area (Å²) in [4.78, 5) is 6.08. The summed E-state index contributed by atoms with van der Waals surface area (Å²) in [5, 5.41) is 10.7. The molecule has 1 aromatic heterocycles. The molecule has 2 aromatic rings. The first-order valence-electron chi connectivity index (χ1n) is 6.68. The topological polar surface area (TPSA) is 67.3 Å². The van der Waals surface area contributed by atoms with Gasteiger partial charge in [0.1, 0.15) is 0 Å². The van der Waals surface area contributed by atoms with Gasteiger partial charge in [0.25, 0.3) is 0 Å². The normalized spacial score (nSPS) is 17.5. The average Bonchev–Trinajstić information content (AvgIpc) is 2.81. The summed E-state index contributed by atoms with van der Waals surface area (Å²) >= 11 is 7.42. The van der Waals surface area contributed by atoms with E-state index < -0.39 is 15.9 Å². The van der Waals surface area contributed by atoms with Gasteiger partial charge in [-0.1, -0.05) is 23.4 Å². The Kier molecular flexibility index (Phi) is 4.20. The van der Waals surface area contributed by atoms with E-state index in [2.05, 4.69) is 4.98 Å². The van der Waals surface area contributed by atoms with Crippen LogP contribution < -0.4 is 0 Å². The lowest BCUT2D eigenvalue weighted by molar-refractivity contribution is 0.177. The zero-order valence-corrected chi connectivity index (χ0v) is 14.2. The first-order valence-corrected chi connectivity index (χ1v) is 9.77. The third-order valence-corrected chi connectivity index (χ3v) is 6.01. The van der Waals surface area contributed by atoms with E-state index in [-0.39, 0.29) is 4.90 Å². The molecule has 1 N–H and O–H groups in total. The Hall–Kier alpha value is -1.08. The van der Waals surface area contributed by atoms with Crippen LogP contribution in [-0.4, -0.2) is 24.8 Å². The molecule has 0 spiro atoms. The van der Waals surface area contributed by atoms with Gasteiger partial charge in [-0.05, 0) is 36.6 Å². The number of aromatic nitrogens is 1. The number of halogens is 1. The highest BCUT2D eigenvalue weighted by atomic mass is 35.5. The molecule has 1 heterocycles. The number of hydrogen-bond acceptors (Lipinski definition) is 5. The van der Waals surface area contributed by atoms with Gasteiger partial charge in [-0.3, -0.25) is 4.98 Å². The van der Waals surface area contributed by atoms with Crippen LogP contribution in [0.4, 0.5) is 0 Å². The Morgan fingerprint density at radius 2 is 2.14 bits per heavy atom. The Morgan fingerprint density at radius 3 is 2.82 bits per heavy atom. The lowest BCUT2D eigenvalue weighted by atomic mass is 10.1. The smallest absolute Gasteiger partial charge is 0.175 e. The second kappa shape index (κ2) is 5.85. The predicted molar refractivity (Wildman–Crippen MR) is 86.2 cm³/mol. The maximum atomic E-state index is 11.9. The van der Waals surface area contributed by atoms with Crippen molar-refractivity contribution in [3.63, 3.8) is 0 Å². The third kappa shape index (κ3) is 3.01. The number of pyridine rings is 1. The Morgan fingerprint density at radius 1 is 1.36 bits per heavy atom. The average molecular weight is 356 g/mol. The van der Waals surface area contributed by atoms with Gasteiger partial charge in [-0.15, -0.1) is 0 Å². The van der Waals surface area contributed by atoms with Crippen LogP contribution in [-0.2, 0) is 16.3 Å². The second-order valence-corrected chi connectivity index (χ2v) is 8.76. The summed E-state index contributed by atoms with van der Waals surface area (Å²) in [6, 6.07) is 5.17. The third-order valence-electron chi connectivity index (χ3n) is 3.58. The molecule has 7 heteroatoms. The molecule has 3 rings (SSSR count). The standard InChI is InChI=1S/C15H14ClNO3S2/c1-22(19,20)14-5-4-13(11-2-3-12(18)15(11)14)21-10-6-9(16)7-17-8-10/h4-8,12,18H,2-3H2,1H3. The molecule has 0 bridgehead atoms. The van der Waals surface area contributed by atoms with E-state index in [4.69, 9.17) is 11.6 Å². The largest absolute Gasteiger partial charge is 0.388 e. The van der Waals surface area contributed by atoms with Crippen molar-refractivity contribution in [1.29, 1.82) is 0 Å². The van der Waals surface area contributed by atoms with Crippen LogP contribution in [0, 0.1) is 0 Å². The number of hydrogen-bond donors (Lipinski definition) is 1. The maximum Gasteiger partial charge on any atom is 0.175 e. The van der Waals surface area contributed by atoms with Gasteiger partial charge in [0.2, 0.25) is 0 Å². The fourth-order valence-corrected chi connectivity index (χ4v) is 4.90. The second-order valence-electron chi connectivity index (χ2n) is 5.22. The highest BCUT2D eigenvalue weighted by Gasteiger charge is 2.29. The Balaban J connectivity index is 2.08. The van der Waals surface area contributed by atoms with Gasteiger partial charge < -0.3 is 5.11 Å². The number of sulfone groups is 1. The molecule has 22 heavy (non-hydrogen) atoms. The minimum absolute atomic E-state index is 0.223. The highest BCUT2D eigenvalue weighted by Crippen LogP contribution is 2.43. The molecule has 1 atom stereocenters. The highest BCUT2D eigenvalue weighted by molar-refractivity contribution is 7.99. The SMILES string of the molecule is CS(=O)(=O)c1ccc(Sc2cncc(Cl)c2)c2c1C(O)CC2. The Bertz CT molecular complexity index is 837. The summed E-state index contributed by atoms with van der Waals surface area (Å²) in [6.45, 7) is 0. The molecular weight excluding hydrogens is 342 g/mol. The van der Waals surface area contributed by atoms with Gasteiger partial charge in [-0.25, -0.2) is 8.42 Å². The Labute approximate surface area is 138 Å². The number of benzene rings is 1. The molecule has 1 aliphatic carbocycles. The fourth-order valence-electron chi connectivity index (χ4n) is 2.67. The van der Waals surface area contributed by atoms with Crippen molar-refractivity contribution in [2.24, 2.45) is 0 Å². The lowest BCUT2D eigenvalue weighted by Crippen LogP contribution is -2.05. The number of rotatable bonds is 3. The van der Waals surface area contributed by atoms with Gasteiger partial charge in [0, 0.05) is 34.0 Å². The fraction of sp³-hybridized carbons (Fsp3) is 0.267. The molecule has 0 fully saturated rings.